The lowest BCUT2D eigenvalue weighted by Gasteiger charge is -2.02. The van der Waals surface area contributed by atoms with Crippen LogP contribution in [0.5, 0.6) is 0 Å². The number of carboxylic acids is 3. The molecule has 0 saturated carbocycles. The van der Waals surface area contributed by atoms with Crippen LogP contribution in [0.4, 0.5) is 0 Å². The molecule has 0 amide bonds. The summed E-state index contributed by atoms with van der Waals surface area (Å²) in [5, 5.41) is 25.3. The van der Waals surface area contributed by atoms with Crippen LogP contribution in [0.1, 0.15) is 66.2 Å². The molecule has 0 unspecified atom stereocenters. The second-order valence-electron chi connectivity index (χ2n) is 5.36. The Morgan fingerprint density at radius 2 is 1.27 bits per heavy atom. The monoisotopic (exact) mass is 368 g/mol. The third-order valence-corrected chi connectivity index (χ3v) is 3.16. The molecule has 0 atom stereocenters. The van der Waals surface area contributed by atoms with Crippen molar-refractivity contribution in [3.8, 4) is 0 Å². The van der Waals surface area contributed by atoms with E-state index in [2.05, 4.69) is 0 Å². The molecule has 0 fully saturated rings. The quantitative estimate of drug-likeness (QED) is 0.423. The van der Waals surface area contributed by atoms with E-state index < -0.39 is 17.9 Å². The van der Waals surface area contributed by atoms with E-state index in [1.165, 1.54) is 24.3 Å². The number of hydrogen-bond donors (Lipinski definition) is 3. The molecular formula is C18H24O8. The largest absolute Gasteiger partial charge is 0.481 e. The van der Waals surface area contributed by atoms with Crippen LogP contribution < -0.4 is 0 Å². The first-order chi connectivity index (χ1) is 12.3. The van der Waals surface area contributed by atoms with Gasteiger partial charge in [-0.3, -0.25) is 9.59 Å². The van der Waals surface area contributed by atoms with Crippen LogP contribution in [0.2, 0.25) is 0 Å². The van der Waals surface area contributed by atoms with Crippen LogP contribution >= 0.6 is 0 Å². The first-order valence-corrected chi connectivity index (χ1v) is 8.22. The summed E-state index contributed by atoms with van der Waals surface area (Å²) in [5.41, 5.74) is 0.167. The third-order valence-electron chi connectivity index (χ3n) is 3.16. The number of hydrogen-bond acceptors (Lipinski definition) is 5. The van der Waals surface area contributed by atoms with Gasteiger partial charge in [-0.05, 0) is 43.5 Å². The topological polar surface area (TPSA) is 138 Å². The highest BCUT2D eigenvalue weighted by atomic mass is 16.5. The van der Waals surface area contributed by atoms with Gasteiger partial charge in [0.25, 0.3) is 0 Å². The molecule has 1 aromatic rings. The fourth-order valence-electron chi connectivity index (χ4n) is 1.70. The molecule has 8 heteroatoms. The highest BCUT2D eigenvalue weighted by Gasteiger charge is 2.05. The fourth-order valence-corrected chi connectivity index (χ4v) is 1.70. The fraction of sp³-hybridized carbons (Fsp3) is 0.444. The zero-order valence-corrected chi connectivity index (χ0v) is 14.6. The minimum atomic E-state index is -1.06. The molecule has 0 heterocycles. The van der Waals surface area contributed by atoms with Gasteiger partial charge >= 0.3 is 23.9 Å². The lowest BCUT2D eigenvalue weighted by Crippen LogP contribution is -2.05. The maximum absolute atomic E-state index is 11.0. The van der Waals surface area contributed by atoms with Crippen molar-refractivity contribution < 1.29 is 39.2 Å². The van der Waals surface area contributed by atoms with Crippen LogP contribution in [-0.4, -0.2) is 45.8 Å². The van der Waals surface area contributed by atoms with Gasteiger partial charge in [0, 0.05) is 12.8 Å². The Hall–Kier alpha value is -2.90. The molecule has 144 valence electrons. The average Bonchev–Trinajstić information content (AvgIpc) is 2.59. The van der Waals surface area contributed by atoms with Gasteiger partial charge in [-0.15, -0.1) is 0 Å². The number of aliphatic carboxylic acids is 1. The van der Waals surface area contributed by atoms with Crippen LogP contribution in [0.3, 0.4) is 0 Å². The van der Waals surface area contributed by atoms with E-state index >= 15 is 0 Å². The van der Waals surface area contributed by atoms with E-state index in [1.807, 2.05) is 6.92 Å². The minimum Gasteiger partial charge on any atom is -0.481 e. The molecule has 0 aliphatic carbocycles. The van der Waals surface area contributed by atoms with E-state index in [4.69, 9.17) is 20.1 Å². The Kier molecular flexibility index (Phi) is 11.9. The van der Waals surface area contributed by atoms with Gasteiger partial charge in [0.2, 0.25) is 0 Å². The molecule has 8 nitrogen and oxygen atoms in total. The highest BCUT2D eigenvalue weighted by Crippen LogP contribution is 2.04. The predicted octanol–water partition coefficient (Wildman–Crippen LogP) is 3.06. The molecule has 0 aliphatic heterocycles. The number of benzene rings is 1. The lowest BCUT2D eigenvalue weighted by molar-refractivity contribution is -0.144. The number of carbonyl (C=O) groups is 4. The molecule has 0 saturated heterocycles. The lowest BCUT2D eigenvalue weighted by atomic mass is 10.1. The summed E-state index contributed by atoms with van der Waals surface area (Å²) in [7, 11) is 0. The number of rotatable bonds is 10. The van der Waals surface area contributed by atoms with Crippen molar-refractivity contribution in [2.24, 2.45) is 0 Å². The maximum Gasteiger partial charge on any atom is 0.335 e. The van der Waals surface area contributed by atoms with Crippen molar-refractivity contribution >= 4 is 23.9 Å². The van der Waals surface area contributed by atoms with Gasteiger partial charge in [-0.1, -0.05) is 13.3 Å². The number of ether oxygens (including phenoxy) is 1. The molecule has 0 aromatic heterocycles. The summed E-state index contributed by atoms with van der Waals surface area (Å²) in [6.07, 6.45) is 3.49. The summed E-state index contributed by atoms with van der Waals surface area (Å²) in [6, 6.07) is 5.02. The van der Waals surface area contributed by atoms with Crippen LogP contribution in [0, 0.1) is 0 Å². The smallest absolute Gasteiger partial charge is 0.335 e. The minimum absolute atomic E-state index is 0.0833. The Morgan fingerprint density at radius 1 is 0.808 bits per heavy atom. The van der Waals surface area contributed by atoms with E-state index in [0.29, 0.717) is 25.9 Å². The van der Waals surface area contributed by atoms with Gasteiger partial charge in [-0.25, -0.2) is 9.59 Å². The van der Waals surface area contributed by atoms with Gasteiger partial charge in [0.1, 0.15) is 0 Å². The van der Waals surface area contributed by atoms with Crippen molar-refractivity contribution in [2.45, 2.75) is 45.4 Å². The second kappa shape index (κ2) is 13.4. The van der Waals surface area contributed by atoms with Crippen molar-refractivity contribution in [1.82, 2.24) is 0 Å². The van der Waals surface area contributed by atoms with Gasteiger partial charge in [-0.2, -0.15) is 0 Å². The molecule has 0 spiro atoms. The van der Waals surface area contributed by atoms with Crippen LogP contribution in [0.15, 0.2) is 24.3 Å². The van der Waals surface area contributed by atoms with Crippen molar-refractivity contribution in [3.05, 3.63) is 35.4 Å². The normalized spacial score (nSPS) is 9.58. The molecule has 26 heavy (non-hydrogen) atoms. The van der Waals surface area contributed by atoms with Crippen molar-refractivity contribution in [3.63, 3.8) is 0 Å². The molecule has 0 aliphatic rings. The zero-order valence-electron chi connectivity index (χ0n) is 14.6. The molecule has 0 radical (unpaired) electrons. The molecule has 1 aromatic carbocycles. The summed E-state index contributed by atoms with van der Waals surface area (Å²) < 4.78 is 4.90. The van der Waals surface area contributed by atoms with Crippen molar-refractivity contribution in [2.75, 3.05) is 6.61 Å². The van der Waals surface area contributed by atoms with Crippen LogP contribution in [-0.2, 0) is 14.3 Å². The first-order valence-electron chi connectivity index (χ1n) is 8.22. The number of unbranched alkanes of at least 4 members (excludes halogenated alkanes) is 2. The van der Waals surface area contributed by atoms with E-state index in [0.717, 1.165) is 12.8 Å². The first kappa shape index (κ1) is 23.1. The zero-order chi connectivity index (χ0) is 19.9. The number of carboxylic acid groups (broad SMARTS) is 3. The van der Waals surface area contributed by atoms with E-state index in [9.17, 15) is 19.2 Å². The SMILES string of the molecule is CCCCOC(=O)CCCCC(=O)O.O=C(O)c1ccc(C(=O)O)cc1. The van der Waals surface area contributed by atoms with Gasteiger partial charge in [0.05, 0.1) is 17.7 Å². The average molecular weight is 368 g/mol. The van der Waals surface area contributed by atoms with Gasteiger partial charge in [0.15, 0.2) is 0 Å². The Labute approximate surface area is 151 Å². The predicted molar refractivity (Wildman–Crippen MR) is 92.3 cm³/mol. The number of esters is 1. The standard InChI is InChI=1S/C10H18O4.C8H6O4/c1-2-3-8-14-10(13)7-5-4-6-9(11)12;9-7(10)5-1-2-6(4-3-5)8(11)12/h2-8H2,1H3,(H,11,12);1-4H,(H,9,10)(H,11,12). The third kappa shape index (κ3) is 11.6. The maximum atomic E-state index is 11.0. The molecule has 3 N–H and O–H groups in total. The van der Waals surface area contributed by atoms with Gasteiger partial charge < -0.3 is 20.1 Å². The highest BCUT2D eigenvalue weighted by molar-refractivity contribution is 5.91. The number of carbonyl (C=O) groups excluding carboxylic acids is 1. The van der Waals surface area contributed by atoms with Crippen molar-refractivity contribution in [1.29, 1.82) is 0 Å². The Balaban J connectivity index is 0.000000485. The summed E-state index contributed by atoms with van der Waals surface area (Å²) in [5.74, 6) is -3.16. The Bertz CT molecular complexity index is 559. The number of aromatic carboxylic acids is 2. The second-order valence-corrected chi connectivity index (χ2v) is 5.36. The molecule has 1 rings (SSSR count). The Morgan fingerprint density at radius 3 is 1.65 bits per heavy atom. The summed E-state index contributed by atoms with van der Waals surface area (Å²) in [4.78, 5) is 41.8. The summed E-state index contributed by atoms with van der Waals surface area (Å²) in [6.45, 7) is 2.51. The molecule has 0 bridgehead atoms. The van der Waals surface area contributed by atoms with Crippen LogP contribution in [0.25, 0.3) is 0 Å². The molecular weight excluding hydrogens is 344 g/mol. The summed E-state index contributed by atoms with van der Waals surface area (Å²) >= 11 is 0. The van der Waals surface area contributed by atoms with E-state index in [1.54, 1.807) is 0 Å². The van der Waals surface area contributed by atoms with E-state index in [-0.39, 0.29) is 23.5 Å².